The third-order valence-electron chi connectivity index (χ3n) is 12.3. The molecule has 2 bridgehead atoms. The van der Waals surface area contributed by atoms with Gasteiger partial charge in [-0.15, -0.1) is 0 Å². The summed E-state index contributed by atoms with van der Waals surface area (Å²) in [6.07, 6.45) is 2.69. The fourth-order valence-electron chi connectivity index (χ4n) is 9.04. The van der Waals surface area contributed by atoms with E-state index in [0.717, 1.165) is 18.4 Å². The SMILES string of the molecule is CC1(C)[C@@H]2C[C@H]3OB([C@H](Cc4ccccc4)NC(=O)C[C@@H]4CN(C(=O)C(C#N)CCC(C)(C)N5CCC(F)(F)C5)CCO4)O[C@@]3(C)[C@H]1C2. The molecule has 6 aliphatic rings. The minimum Gasteiger partial charge on any atom is -0.404 e. The molecular formula is C36H51BF2N4O5. The number of nitrogens with one attached hydrogen (secondary N) is 1. The number of likely N-dealkylation sites (tertiary alicyclic amines) is 1. The van der Waals surface area contributed by atoms with Crippen molar-refractivity contribution in [1.82, 2.24) is 15.1 Å². The maximum absolute atomic E-state index is 13.8. The van der Waals surface area contributed by atoms with Gasteiger partial charge in [-0.3, -0.25) is 14.5 Å². The third-order valence-corrected chi connectivity index (χ3v) is 12.3. The van der Waals surface area contributed by atoms with Gasteiger partial charge in [-0.2, -0.15) is 5.26 Å². The molecule has 12 heteroatoms. The Kier molecular flexibility index (Phi) is 9.75. The Labute approximate surface area is 284 Å². The molecule has 2 amide bonds. The monoisotopic (exact) mass is 668 g/mol. The van der Waals surface area contributed by atoms with Crippen molar-refractivity contribution in [3.8, 4) is 6.07 Å². The van der Waals surface area contributed by atoms with Crippen molar-refractivity contribution < 1.29 is 32.4 Å². The maximum atomic E-state index is 13.8. The summed E-state index contributed by atoms with van der Waals surface area (Å²) < 4.78 is 46.9. The zero-order valence-corrected chi connectivity index (χ0v) is 29.1. The molecule has 0 radical (unpaired) electrons. The summed E-state index contributed by atoms with van der Waals surface area (Å²) in [5.74, 6) is -3.51. The largest absolute Gasteiger partial charge is 0.482 e. The Morgan fingerprint density at radius 3 is 2.58 bits per heavy atom. The number of carbonyl (C=O) groups excluding carboxylic acids is 2. The molecule has 3 heterocycles. The summed E-state index contributed by atoms with van der Waals surface area (Å²) in [7, 11) is -0.586. The van der Waals surface area contributed by atoms with E-state index >= 15 is 0 Å². The van der Waals surface area contributed by atoms with Gasteiger partial charge >= 0.3 is 7.12 Å². The van der Waals surface area contributed by atoms with Crippen molar-refractivity contribution in [1.29, 1.82) is 5.26 Å². The molecule has 7 rings (SSSR count). The highest BCUT2D eigenvalue weighted by molar-refractivity contribution is 6.48. The van der Waals surface area contributed by atoms with Crippen LogP contribution in [0, 0.1) is 34.5 Å². The first-order valence-corrected chi connectivity index (χ1v) is 17.7. The van der Waals surface area contributed by atoms with Gasteiger partial charge in [0.05, 0.1) is 49.4 Å². The minimum atomic E-state index is -2.70. The second kappa shape index (κ2) is 13.3. The number of hydrogen-bond donors (Lipinski definition) is 1. The predicted octanol–water partition coefficient (Wildman–Crippen LogP) is 4.64. The minimum absolute atomic E-state index is 0.00866. The van der Waals surface area contributed by atoms with E-state index in [0.29, 0.717) is 37.8 Å². The fourth-order valence-corrected chi connectivity index (χ4v) is 9.04. The van der Waals surface area contributed by atoms with E-state index in [1.165, 1.54) is 0 Å². The molecule has 3 aliphatic carbocycles. The molecular weight excluding hydrogens is 617 g/mol. The molecule has 48 heavy (non-hydrogen) atoms. The van der Waals surface area contributed by atoms with Gasteiger partial charge in [0.2, 0.25) is 11.8 Å². The quantitative estimate of drug-likeness (QED) is 0.343. The van der Waals surface area contributed by atoms with E-state index in [4.69, 9.17) is 14.0 Å². The average Bonchev–Trinajstić information content (AvgIpc) is 3.60. The number of nitriles is 1. The zero-order chi connectivity index (χ0) is 34.5. The molecule has 0 spiro atoms. The van der Waals surface area contributed by atoms with E-state index in [1.807, 2.05) is 44.2 Å². The van der Waals surface area contributed by atoms with E-state index < -0.39 is 42.1 Å². The molecule has 1 unspecified atom stereocenters. The van der Waals surface area contributed by atoms with Gasteiger partial charge in [0, 0.05) is 31.6 Å². The van der Waals surface area contributed by atoms with Crippen LogP contribution in [0.5, 0.6) is 0 Å². The molecule has 1 N–H and O–H groups in total. The van der Waals surface area contributed by atoms with Crippen LogP contribution in [0.25, 0.3) is 0 Å². The van der Waals surface area contributed by atoms with Crippen LogP contribution in [0.15, 0.2) is 30.3 Å². The number of carbonyl (C=O) groups is 2. The summed E-state index contributed by atoms with van der Waals surface area (Å²) in [5, 5.41) is 13.1. The van der Waals surface area contributed by atoms with Crippen LogP contribution in [-0.4, -0.2) is 96.7 Å². The number of rotatable bonds is 11. The van der Waals surface area contributed by atoms with Crippen LogP contribution in [-0.2, 0) is 30.1 Å². The Morgan fingerprint density at radius 1 is 1.17 bits per heavy atom. The van der Waals surface area contributed by atoms with E-state index in [9.17, 15) is 23.6 Å². The number of morpholine rings is 1. The molecule has 6 fully saturated rings. The number of benzene rings is 1. The maximum Gasteiger partial charge on any atom is 0.482 e. The predicted molar refractivity (Wildman–Crippen MR) is 177 cm³/mol. The number of halogens is 2. The molecule has 7 atom stereocenters. The normalized spacial score (nSPS) is 32.1. The summed E-state index contributed by atoms with van der Waals surface area (Å²) >= 11 is 0. The molecule has 3 aliphatic heterocycles. The first-order chi connectivity index (χ1) is 22.6. The van der Waals surface area contributed by atoms with Gasteiger partial charge in [0.15, 0.2) is 0 Å². The smallest absolute Gasteiger partial charge is 0.404 e. The first kappa shape index (κ1) is 35.2. The second-order valence-electron chi connectivity index (χ2n) is 16.2. The lowest BCUT2D eigenvalue weighted by atomic mass is 9.43. The van der Waals surface area contributed by atoms with E-state index in [-0.39, 0.29) is 62.3 Å². The van der Waals surface area contributed by atoms with Crippen molar-refractivity contribution in [2.24, 2.45) is 23.2 Å². The topological polar surface area (TPSA) is 104 Å². The summed E-state index contributed by atoms with van der Waals surface area (Å²) in [6, 6.07) is 12.1. The number of hydrogen-bond acceptors (Lipinski definition) is 7. The van der Waals surface area contributed by atoms with Gasteiger partial charge < -0.3 is 24.3 Å². The van der Waals surface area contributed by atoms with Crippen molar-refractivity contribution in [3.05, 3.63) is 35.9 Å². The third kappa shape index (κ3) is 7.03. The van der Waals surface area contributed by atoms with Crippen LogP contribution >= 0.6 is 0 Å². The van der Waals surface area contributed by atoms with E-state index in [1.54, 1.807) is 9.80 Å². The summed E-state index contributed by atoms with van der Waals surface area (Å²) in [6.45, 7) is 11.4. The van der Waals surface area contributed by atoms with Crippen molar-refractivity contribution in [2.75, 3.05) is 32.8 Å². The van der Waals surface area contributed by atoms with Crippen LogP contribution < -0.4 is 5.32 Å². The Bertz CT molecular complexity index is 1390. The molecule has 3 saturated heterocycles. The Hall–Kier alpha value is -2.59. The van der Waals surface area contributed by atoms with E-state index in [2.05, 4.69) is 32.2 Å². The van der Waals surface area contributed by atoms with Crippen molar-refractivity contribution in [3.63, 3.8) is 0 Å². The number of amides is 2. The summed E-state index contributed by atoms with van der Waals surface area (Å²) in [5.41, 5.74) is 0.308. The number of alkyl halides is 2. The highest BCUT2D eigenvalue weighted by Gasteiger charge is 2.68. The molecule has 262 valence electrons. The van der Waals surface area contributed by atoms with Crippen LogP contribution in [0.1, 0.15) is 78.7 Å². The summed E-state index contributed by atoms with van der Waals surface area (Å²) in [4.78, 5) is 30.4. The fraction of sp³-hybridized carbons (Fsp3) is 0.750. The Balaban J connectivity index is 1.05. The highest BCUT2D eigenvalue weighted by Crippen LogP contribution is 2.65. The van der Waals surface area contributed by atoms with Crippen LogP contribution in [0.4, 0.5) is 8.78 Å². The number of nitrogens with zero attached hydrogens (tertiary/aromatic N) is 3. The average molecular weight is 669 g/mol. The molecule has 1 aromatic rings. The Morgan fingerprint density at radius 2 is 1.92 bits per heavy atom. The zero-order valence-electron chi connectivity index (χ0n) is 29.1. The van der Waals surface area contributed by atoms with Gasteiger partial charge in [0.25, 0.3) is 5.92 Å². The lowest BCUT2D eigenvalue weighted by molar-refractivity contribution is -0.199. The second-order valence-corrected chi connectivity index (χ2v) is 16.2. The highest BCUT2D eigenvalue weighted by atomic mass is 19.3. The van der Waals surface area contributed by atoms with Gasteiger partial charge in [-0.25, -0.2) is 8.78 Å². The van der Waals surface area contributed by atoms with Gasteiger partial charge in [-0.05, 0) is 75.7 Å². The first-order valence-electron chi connectivity index (χ1n) is 17.7. The van der Waals surface area contributed by atoms with Crippen LogP contribution in [0.3, 0.4) is 0 Å². The molecule has 0 aromatic heterocycles. The lowest BCUT2D eigenvalue weighted by Gasteiger charge is -2.64. The van der Waals surface area contributed by atoms with Gasteiger partial charge in [0.1, 0.15) is 5.92 Å². The molecule has 1 aromatic carbocycles. The standard InChI is InChI=1S/C36H51BF2N4O5/c1-33(2,43-14-13-36(38,39)23-43)12-11-25(21-40)32(45)42-15-16-46-27(22-42)20-31(44)41-30(17-24-9-7-6-8-10-24)37-47-29-19-26-18-28(34(26,3)4)35(29,5)48-37/h6-10,25-30H,11-20,22-23H2,1-5H3,(H,41,44)/t25?,26-,27+,28-,29+,30-,35-/m0/s1. The van der Waals surface area contributed by atoms with Gasteiger partial charge in [-0.1, -0.05) is 44.2 Å². The number of ether oxygens (including phenoxy) is 1. The van der Waals surface area contributed by atoms with Crippen LogP contribution in [0.2, 0.25) is 0 Å². The van der Waals surface area contributed by atoms with Crippen molar-refractivity contribution in [2.45, 2.75) is 115 Å². The molecule has 3 saturated carbocycles. The molecule has 9 nitrogen and oxygen atoms in total. The lowest BCUT2D eigenvalue weighted by Crippen LogP contribution is -2.65. The van der Waals surface area contributed by atoms with Crippen molar-refractivity contribution >= 4 is 18.9 Å².